The maximum atomic E-state index is 12.3. The van der Waals surface area contributed by atoms with E-state index in [2.05, 4.69) is 19.9 Å². The molecule has 0 spiro atoms. The summed E-state index contributed by atoms with van der Waals surface area (Å²) in [6.07, 6.45) is 0.117. The Morgan fingerprint density at radius 2 is 2.21 bits per heavy atom. The van der Waals surface area contributed by atoms with Gasteiger partial charge < -0.3 is 15.7 Å². The highest BCUT2D eigenvalue weighted by Gasteiger charge is 2.23. The van der Waals surface area contributed by atoms with E-state index in [4.69, 9.17) is 21.6 Å². The lowest BCUT2D eigenvalue weighted by Crippen LogP contribution is -2.29. The van der Waals surface area contributed by atoms with Crippen LogP contribution in [-0.2, 0) is 6.42 Å². The van der Waals surface area contributed by atoms with Crippen molar-refractivity contribution in [1.29, 1.82) is 10.7 Å². The Morgan fingerprint density at radius 3 is 2.79 bits per heavy atom. The number of oxime groups is 1. The molecule has 0 amide bonds. The van der Waals surface area contributed by atoms with E-state index in [1.54, 1.807) is 13.0 Å². The molecule has 10 heteroatoms. The zero-order valence-corrected chi connectivity index (χ0v) is 12.4. The molecule has 2 rings (SSSR count). The van der Waals surface area contributed by atoms with E-state index in [-0.39, 0.29) is 35.1 Å². The second-order valence-corrected chi connectivity index (χ2v) is 4.70. The molecule has 0 atom stereocenters. The van der Waals surface area contributed by atoms with Gasteiger partial charge in [0.1, 0.15) is 11.8 Å². The predicted octanol–water partition coefficient (Wildman–Crippen LogP) is 1.59. The van der Waals surface area contributed by atoms with Crippen molar-refractivity contribution >= 4 is 17.3 Å². The number of pyridine rings is 1. The summed E-state index contributed by atoms with van der Waals surface area (Å²) in [5.74, 6) is -0.533. The van der Waals surface area contributed by atoms with Crippen LogP contribution in [0.25, 0.3) is 0 Å². The molecule has 0 unspecified atom stereocenters. The zero-order valence-electron chi connectivity index (χ0n) is 12.4. The predicted molar refractivity (Wildman–Crippen MR) is 80.6 cm³/mol. The van der Waals surface area contributed by atoms with Crippen molar-refractivity contribution in [3.05, 3.63) is 34.8 Å². The number of nitrogens with zero attached hydrogens (tertiary/aromatic N) is 4. The third-order valence-corrected chi connectivity index (χ3v) is 3.22. The van der Waals surface area contributed by atoms with Crippen LogP contribution in [0.5, 0.6) is 5.75 Å². The topological polar surface area (TPSA) is 141 Å². The first kappa shape index (κ1) is 17.0. The second-order valence-electron chi connectivity index (χ2n) is 4.70. The van der Waals surface area contributed by atoms with Gasteiger partial charge in [-0.3, -0.25) is 5.41 Å². The maximum absolute atomic E-state index is 12.3. The molecule has 0 saturated carbocycles. The number of nitrogens with two attached hydrogens (primary N) is 1. The number of amidine groups is 1. The van der Waals surface area contributed by atoms with Crippen LogP contribution in [0.2, 0.25) is 0 Å². The molecule has 1 aliphatic rings. The van der Waals surface area contributed by atoms with Crippen molar-refractivity contribution in [3.8, 4) is 11.8 Å². The Labute approximate surface area is 135 Å². The lowest BCUT2D eigenvalue weighted by Gasteiger charge is -2.17. The molecule has 124 valence electrons. The van der Waals surface area contributed by atoms with Gasteiger partial charge in [0.15, 0.2) is 11.4 Å². The van der Waals surface area contributed by atoms with Crippen LogP contribution in [-0.4, -0.2) is 34.1 Å². The van der Waals surface area contributed by atoms with Crippen LogP contribution in [0.3, 0.4) is 0 Å². The van der Waals surface area contributed by atoms with Gasteiger partial charge in [-0.2, -0.15) is 14.0 Å². The molecular weight excluding hydrogens is 322 g/mol. The summed E-state index contributed by atoms with van der Waals surface area (Å²) >= 11 is 0. The monoisotopic (exact) mass is 334 g/mol. The summed E-state index contributed by atoms with van der Waals surface area (Å²) in [6.45, 7) is -1.45. The van der Waals surface area contributed by atoms with Crippen molar-refractivity contribution < 1.29 is 18.7 Å². The number of dihydropyridines is 1. The van der Waals surface area contributed by atoms with E-state index in [0.717, 1.165) is 0 Å². The van der Waals surface area contributed by atoms with Crippen LogP contribution in [0, 0.1) is 16.7 Å². The summed E-state index contributed by atoms with van der Waals surface area (Å²) in [4.78, 5) is 7.90. The van der Waals surface area contributed by atoms with Gasteiger partial charge >= 0.3 is 6.61 Å². The van der Waals surface area contributed by atoms with Crippen molar-refractivity contribution in [1.82, 2.24) is 4.98 Å². The van der Waals surface area contributed by atoms with Gasteiger partial charge in [0.05, 0.1) is 5.70 Å². The first-order valence-corrected chi connectivity index (χ1v) is 6.57. The normalized spacial score (nSPS) is 16.4. The van der Waals surface area contributed by atoms with Crippen molar-refractivity contribution in [2.75, 3.05) is 0 Å². The number of ether oxygens (including phenoxy) is 1. The molecule has 4 N–H and O–H groups in total. The third-order valence-electron chi connectivity index (χ3n) is 3.22. The quantitative estimate of drug-likeness (QED) is 0.566. The van der Waals surface area contributed by atoms with Crippen LogP contribution < -0.4 is 10.5 Å². The van der Waals surface area contributed by atoms with E-state index in [9.17, 15) is 8.78 Å². The van der Waals surface area contributed by atoms with E-state index < -0.39 is 6.61 Å². The number of allylic oxidation sites excluding steroid dienone is 1. The van der Waals surface area contributed by atoms with E-state index in [1.165, 1.54) is 12.1 Å². The number of nitrogens with one attached hydrogen (secondary N) is 1. The fourth-order valence-electron chi connectivity index (χ4n) is 2.08. The minimum absolute atomic E-state index is 0.0588. The highest BCUT2D eigenvalue weighted by molar-refractivity contribution is 6.50. The Morgan fingerprint density at radius 1 is 1.50 bits per heavy atom. The first-order chi connectivity index (χ1) is 11.4. The SMILES string of the molecule is CC1=N/C(=N/O)C(=N)C(N)=C1Cc1ccc(OC(F)F)c(C#N)n1. The fraction of sp³-hybridized carbons (Fsp3) is 0.214. The Balaban J connectivity index is 2.35. The average Bonchev–Trinajstić information content (AvgIpc) is 2.55. The van der Waals surface area contributed by atoms with Crippen LogP contribution >= 0.6 is 0 Å². The van der Waals surface area contributed by atoms with Gasteiger partial charge in [0.2, 0.25) is 5.84 Å². The number of aromatic nitrogens is 1. The number of halogens is 2. The summed E-state index contributed by atoms with van der Waals surface area (Å²) in [5, 5.41) is 28.4. The zero-order chi connectivity index (χ0) is 17.9. The van der Waals surface area contributed by atoms with Crippen molar-refractivity contribution in [2.45, 2.75) is 20.0 Å². The van der Waals surface area contributed by atoms with Gasteiger partial charge in [-0.15, -0.1) is 0 Å². The highest BCUT2D eigenvalue weighted by Crippen LogP contribution is 2.22. The molecule has 1 aromatic rings. The lowest BCUT2D eigenvalue weighted by atomic mass is 9.97. The average molecular weight is 334 g/mol. The molecule has 0 saturated heterocycles. The largest absolute Gasteiger partial charge is 0.432 e. The summed E-state index contributed by atoms with van der Waals surface area (Å²) in [7, 11) is 0. The standard InChI is InChI=1S/C14H12F2N6O2/c1-6-8(11(18)12(19)13(20-6)22-23)4-7-2-3-10(24-14(15)16)9(5-17)21-7/h2-3,14,19,23H,4,18H2,1H3/b19-12?,22-13+. The fourth-order valence-corrected chi connectivity index (χ4v) is 2.08. The Bertz CT molecular complexity index is 823. The smallest absolute Gasteiger partial charge is 0.387 e. The van der Waals surface area contributed by atoms with Gasteiger partial charge in [0, 0.05) is 23.4 Å². The molecule has 1 aromatic heterocycles. The number of nitriles is 1. The Kier molecular flexibility index (Phi) is 4.84. The van der Waals surface area contributed by atoms with Gasteiger partial charge in [0.25, 0.3) is 0 Å². The molecule has 0 radical (unpaired) electrons. The minimum atomic E-state index is -3.06. The molecule has 24 heavy (non-hydrogen) atoms. The van der Waals surface area contributed by atoms with Gasteiger partial charge in [-0.25, -0.2) is 9.98 Å². The maximum Gasteiger partial charge on any atom is 0.387 e. The van der Waals surface area contributed by atoms with E-state index in [0.29, 0.717) is 17.0 Å². The minimum Gasteiger partial charge on any atom is -0.432 e. The molecule has 8 nitrogen and oxygen atoms in total. The van der Waals surface area contributed by atoms with Gasteiger partial charge in [-0.05, 0) is 19.1 Å². The molecule has 0 aliphatic carbocycles. The molecule has 1 aliphatic heterocycles. The van der Waals surface area contributed by atoms with E-state index >= 15 is 0 Å². The Hall–Kier alpha value is -3.35. The summed E-state index contributed by atoms with van der Waals surface area (Å²) in [6, 6.07) is 4.31. The molecular formula is C14H12F2N6O2. The van der Waals surface area contributed by atoms with E-state index in [1.807, 2.05) is 0 Å². The molecule has 2 heterocycles. The molecule has 0 aromatic carbocycles. The summed E-state index contributed by atoms with van der Waals surface area (Å²) < 4.78 is 28.8. The number of hydrogen-bond donors (Lipinski definition) is 3. The molecule has 0 bridgehead atoms. The second kappa shape index (κ2) is 6.82. The van der Waals surface area contributed by atoms with Crippen molar-refractivity contribution in [3.63, 3.8) is 0 Å². The van der Waals surface area contributed by atoms with Crippen LogP contribution in [0.4, 0.5) is 8.78 Å². The van der Waals surface area contributed by atoms with Crippen molar-refractivity contribution in [2.24, 2.45) is 15.9 Å². The number of hydrogen-bond acceptors (Lipinski definition) is 7. The summed E-state index contributed by atoms with van der Waals surface area (Å²) in [5.41, 5.74) is 6.64. The lowest BCUT2D eigenvalue weighted by molar-refractivity contribution is -0.0503. The highest BCUT2D eigenvalue weighted by atomic mass is 19.3. The third kappa shape index (κ3) is 3.35. The van der Waals surface area contributed by atoms with Crippen LogP contribution in [0.1, 0.15) is 18.3 Å². The van der Waals surface area contributed by atoms with Crippen LogP contribution in [0.15, 0.2) is 33.6 Å². The van der Waals surface area contributed by atoms with Gasteiger partial charge in [-0.1, -0.05) is 5.16 Å². The number of aliphatic imine (C=N–C) groups is 1. The number of alkyl halides is 2. The molecule has 0 fully saturated rings. The number of rotatable bonds is 4. The first-order valence-electron chi connectivity index (χ1n) is 6.57.